The molecule has 1 rings (SSSR count). The van der Waals surface area contributed by atoms with Crippen LogP contribution in [-0.4, -0.2) is 100 Å². The van der Waals surface area contributed by atoms with Crippen LogP contribution in [0.2, 0.25) is 0 Å². The van der Waals surface area contributed by atoms with E-state index in [2.05, 4.69) is 31.3 Å². The standard InChI is InChI=1S/C54H101NO10/c1-3-5-7-9-11-13-20-24-28-32-36-40-47(57)46(45-64-54-53(62)52(61)51(60)48(44-56)65-54)55-49(58)41-37-33-29-25-22-18-16-15-17-19-23-27-31-35-39-43-63-50(59)42-38-34-30-26-21-14-12-10-8-6-4-2/h17,19,36,40,46-48,51-54,56-57,60-62H,3-16,18,20-35,37-39,41-45H2,1-2H3,(H,55,58)/b19-17-,40-36+. The Labute approximate surface area is 397 Å². The summed E-state index contributed by atoms with van der Waals surface area (Å²) in [5.74, 6) is -0.228. The van der Waals surface area contributed by atoms with Crippen LogP contribution in [0.1, 0.15) is 245 Å². The Balaban J connectivity index is 2.16. The summed E-state index contributed by atoms with van der Waals surface area (Å²) in [6.45, 7) is 4.27. The number of ether oxygens (including phenoxy) is 3. The first-order valence-corrected chi connectivity index (χ1v) is 27.1. The van der Waals surface area contributed by atoms with Crippen molar-refractivity contribution in [2.45, 2.75) is 288 Å². The van der Waals surface area contributed by atoms with Gasteiger partial charge < -0.3 is 45.1 Å². The van der Waals surface area contributed by atoms with Crippen LogP contribution in [0.3, 0.4) is 0 Å². The second kappa shape index (κ2) is 44.6. The number of carbonyl (C=O) groups is 2. The third kappa shape index (κ3) is 35.0. The highest BCUT2D eigenvalue weighted by atomic mass is 16.7. The van der Waals surface area contributed by atoms with Crippen LogP contribution in [0.4, 0.5) is 0 Å². The van der Waals surface area contributed by atoms with Gasteiger partial charge in [0.1, 0.15) is 24.4 Å². The normalized spacial score (nSPS) is 19.9. The lowest BCUT2D eigenvalue weighted by molar-refractivity contribution is -0.302. The maximum atomic E-state index is 13.0. The van der Waals surface area contributed by atoms with Gasteiger partial charge in [0, 0.05) is 12.8 Å². The molecule has 1 fully saturated rings. The molecule has 1 aliphatic heterocycles. The molecule has 1 aliphatic rings. The zero-order valence-corrected chi connectivity index (χ0v) is 41.7. The molecular weight excluding hydrogens is 823 g/mol. The fraction of sp³-hybridized carbons (Fsp3) is 0.889. The molecule has 0 aromatic heterocycles. The molecule has 11 heteroatoms. The molecule has 0 spiro atoms. The number of esters is 1. The molecule has 0 saturated carbocycles. The van der Waals surface area contributed by atoms with E-state index in [-0.39, 0.29) is 18.5 Å². The first-order chi connectivity index (χ1) is 31.7. The van der Waals surface area contributed by atoms with Gasteiger partial charge in [-0.3, -0.25) is 9.59 Å². The first-order valence-electron chi connectivity index (χ1n) is 27.1. The Kier molecular flexibility index (Phi) is 42.0. The van der Waals surface area contributed by atoms with Crippen molar-refractivity contribution in [3.8, 4) is 0 Å². The van der Waals surface area contributed by atoms with Crippen molar-refractivity contribution in [3.63, 3.8) is 0 Å². The van der Waals surface area contributed by atoms with Crippen molar-refractivity contribution in [2.75, 3.05) is 19.8 Å². The highest BCUT2D eigenvalue weighted by molar-refractivity contribution is 5.76. The summed E-state index contributed by atoms with van der Waals surface area (Å²) in [5.41, 5.74) is 0. The number of amides is 1. The molecular formula is C54H101NO10. The van der Waals surface area contributed by atoms with Crippen molar-refractivity contribution in [1.82, 2.24) is 5.32 Å². The average molecular weight is 924 g/mol. The number of nitrogens with one attached hydrogen (secondary N) is 1. The zero-order valence-electron chi connectivity index (χ0n) is 41.7. The monoisotopic (exact) mass is 924 g/mol. The van der Waals surface area contributed by atoms with Gasteiger partial charge in [-0.15, -0.1) is 0 Å². The van der Waals surface area contributed by atoms with Gasteiger partial charge in [-0.25, -0.2) is 0 Å². The Morgan fingerprint density at radius 3 is 1.48 bits per heavy atom. The van der Waals surface area contributed by atoms with Crippen molar-refractivity contribution in [3.05, 3.63) is 24.3 Å². The van der Waals surface area contributed by atoms with Gasteiger partial charge in [-0.05, 0) is 57.8 Å². The minimum absolute atomic E-state index is 0.0299. The summed E-state index contributed by atoms with van der Waals surface area (Å²) in [4.78, 5) is 25.0. The molecule has 0 bridgehead atoms. The quantitative estimate of drug-likeness (QED) is 0.0196. The molecule has 0 aromatic carbocycles. The Morgan fingerprint density at radius 2 is 0.985 bits per heavy atom. The third-order valence-corrected chi connectivity index (χ3v) is 12.8. The van der Waals surface area contributed by atoms with Gasteiger partial charge in [0.15, 0.2) is 6.29 Å². The van der Waals surface area contributed by atoms with Crippen LogP contribution >= 0.6 is 0 Å². The molecule has 0 radical (unpaired) electrons. The number of hydrogen-bond acceptors (Lipinski definition) is 10. The van der Waals surface area contributed by atoms with E-state index in [1.54, 1.807) is 6.08 Å². The number of hydrogen-bond donors (Lipinski definition) is 6. The Hall–Kier alpha value is -1.86. The largest absolute Gasteiger partial charge is 0.466 e. The van der Waals surface area contributed by atoms with Crippen LogP contribution in [0.5, 0.6) is 0 Å². The zero-order chi connectivity index (χ0) is 47.4. The second-order valence-electron chi connectivity index (χ2n) is 18.9. The van der Waals surface area contributed by atoms with E-state index >= 15 is 0 Å². The van der Waals surface area contributed by atoms with E-state index < -0.39 is 49.5 Å². The third-order valence-electron chi connectivity index (χ3n) is 12.8. The number of allylic oxidation sites excluding steroid dienone is 3. The van der Waals surface area contributed by atoms with Crippen LogP contribution in [-0.2, 0) is 23.8 Å². The van der Waals surface area contributed by atoms with E-state index in [4.69, 9.17) is 14.2 Å². The summed E-state index contributed by atoms with van der Waals surface area (Å²) in [6.07, 6.45) is 41.1. The smallest absolute Gasteiger partial charge is 0.305 e. The first kappa shape index (κ1) is 61.2. The highest BCUT2D eigenvalue weighted by Crippen LogP contribution is 2.23. The van der Waals surface area contributed by atoms with E-state index in [0.717, 1.165) is 83.5 Å². The topological polar surface area (TPSA) is 175 Å². The van der Waals surface area contributed by atoms with E-state index in [1.807, 2.05) is 6.08 Å². The fourth-order valence-corrected chi connectivity index (χ4v) is 8.43. The molecule has 6 N–H and O–H groups in total. The number of aliphatic hydroxyl groups is 5. The van der Waals surface area contributed by atoms with Crippen LogP contribution < -0.4 is 5.32 Å². The van der Waals surface area contributed by atoms with E-state index in [0.29, 0.717) is 19.4 Å². The van der Waals surface area contributed by atoms with Gasteiger partial charge in [0.2, 0.25) is 5.91 Å². The second-order valence-corrected chi connectivity index (χ2v) is 18.9. The number of unbranched alkanes of at least 4 members (excludes halogenated alkanes) is 30. The lowest BCUT2D eigenvalue weighted by Crippen LogP contribution is -2.60. The Bertz CT molecular complexity index is 1130. The number of aliphatic hydroxyl groups excluding tert-OH is 5. The molecule has 1 saturated heterocycles. The minimum atomic E-state index is -1.58. The Morgan fingerprint density at radius 1 is 0.554 bits per heavy atom. The van der Waals surface area contributed by atoms with Crippen LogP contribution in [0.15, 0.2) is 24.3 Å². The minimum Gasteiger partial charge on any atom is -0.466 e. The maximum absolute atomic E-state index is 13.0. The molecule has 0 aliphatic carbocycles. The van der Waals surface area contributed by atoms with Crippen molar-refractivity contribution >= 4 is 11.9 Å². The van der Waals surface area contributed by atoms with Crippen molar-refractivity contribution in [1.29, 1.82) is 0 Å². The molecule has 7 atom stereocenters. The summed E-state index contributed by atoms with van der Waals surface area (Å²) in [7, 11) is 0. The molecule has 1 heterocycles. The predicted molar refractivity (Wildman–Crippen MR) is 264 cm³/mol. The lowest BCUT2D eigenvalue weighted by Gasteiger charge is -2.40. The maximum Gasteiger partial charge on any atom is 0.305 e. The molecule has 0 aromatic rings. The molecule has 382 valence electrons. The number of carbonyl (C=O) groups excluding carboxylic acids is 2. The molecule has 65 heavy (non-hydrogen) atoms. The average Bonchev–Trinajstić information content (AvgIpc) is 3.30. The van der Waals surface area contributed by atoms with Gasteiger partial charge in [-0.2, -0.15) is 0 Å². The van der Waals surface area contributed by atoms with Gasteiger partial charge in [-0.1, -0.05) is 199 Å². The summed E-state index contributed by atoms with van der Waals surface area (Å²) in [6, 6.07) is -0.819. The summed E-state index contributed by atoms with van der Waals surface area (Å²) in [5, 5.41) is 54.2. The molecule has 7 unspecified atom stereocenters. The van der Waals surface area contributed by atoms with Gasteiger partial charge >= 0.3 is 5.97 Å². The van der Waals surface area contributed by atoms with Crippen LogP contribution in [0, 0.1) is 0 Å². The van der Waals surface area contributed by atoms with Crippen LogP contribution in [0.25, 0.3) is 0 Å². The van der Waals surface area contributed by atoms with E-state index in [9.17, 15) is 35.1 Å². The SMILES string of the molecule is CCCCCCCCCCC/C=C/C(O)C(COC1OC(CO)C(O)C(O)C1O)NC(=O)CCCCCCCCC/C=C\CCCCCCOC(=O)CCCCCCCCCCCCC. The molecule has 11 nitrogen and oxygen atoms in total. The fourth-order valence-electron chi connectivity index (χ4n) is 8.43. The van der Waals surface area contributed by atoms with Gasteiger partial charge in [0.25, 0.3) is 0 Å². The number of rotatable bonds is 46. The van der Waals surface area contributed by atoms with Gasteiger partial charge in [0.05, 0.1) is 32.0 Å². The lowest BCUT2D eigenvalue weighted by atomic mass is 9.99. The van der Waals surface area contributed by atoms with Crippen molar-refractivity contribution < 1.29 is 49.3 Å². The predicted octanol–water partition coefficient (Wildman–Crippen LogP) is 11.4. The van der Waals surface area contributed by atoms with E-state index in [1.165, 1.54) is 135 Å². The van der Waals surface area contributed by atoms with Crippen molar-refractivity contribution in [2.24, 2.45) is 0 Å². The molecule has 1 amide bonds. The highest BCUT2D eigenvalue weighted by Gasteiger charge is 2.44. The summed E-state index contributed by atoms with van der Waals surface area (Å²) >= 11 is 0. The summed E-state index contributed by atoms with van der Waals surface area (Å²) < 4.78 is 16.6.